The number of rotatable bonds is 6. The van der Waals surface area contributed by atoms with Gasteiger partial charge in [-0.05, 0) is 54.6 Å². The second-order valence-electron chi connectivity index (χ2n) is 8.25. The number of ether oxygens (including phenoxy) is 1. The molecular formula is C29H17ClFNO5. The van der Waals surface area contributed by atoms with Crippen molar-refractivity contribution in [3.8, 4) is 0 Å². The van der Waals surface area contributed by atoms with Gasteiger partial charge in [-0.25, -0.2) is 14.1 Å². The number of hydrogen-bond donors (Lipinski definition) is 0. The Kier molecular flexibility index (Phi) is 6.38. The van der Waals surface area contributed by atoms with E-state index in [1.807, 2.05) is 0 Å². The number of amides is 2. The van der Waals surface area contributed by atoms with E-state index < -0.39 is 35.5 Å². The van der Waals surface area contributed by atoms with Crippen LogP contribution in [0.15, 0.2) is 97.1 Å². The quantitative estimate of drug-likeness (QED) is 0.178. The summed E-state index contributed by atoms with van der Waals surface area (Å²) in [6.07, 6.45) is -1.27. The fourth-order valence-corrected chi connectivity index (χ4v) is 4.16. The highest BCUT2D eigenvalue weighted by atomic mass is 35.5. The molecule has 0 N–H and O–H groups in total. The van der Waals surface area contributed by atoms with Crippen LogP contribution in [-0.4, -0.2) is 23.6 Å². The zero-order chi connectivity index (χ0) is 26.1. The number of ketones is 1. The van der Waals surface area contributed by atoms with Gasteiger partial charge in [-0.3, -0.25) is 14.4 Å². The van der Waals surface area contributed by atoms with E-state index in [1.54, 1.807) is 54.6 Å². The van der Waals surface area contributed by atoms with Crippen molar-refractivity contribution in [2.24, 2.45) is 0 Å². The first-order chi connectivity index (χ1) is 17.8. The normalized spacial score (nSPS) is 13.3. The lowest BCUT2D eigenvalue weighted by atomic mass is 9.99. The van der Waals surface area contributed by atoms with E-state index in [4.69, 9.17) is 16.3 Å². The summed E-state index contributed by atoms with van der Waals surface area (Å²) in [5, 5.41) is 0.452. The standard InChI is InChI=1S/C29H17ClFNO5/c30-20-9-6-18(7-10-20)26(25(33)17-4-2-1-3-5-17)37-29(36)19-8-15-23-24(16-19)28(35)32(27(23)34)22-13-11-21(31)12-14-22/h1-16,26H/t26-/m0/s1. The van der Waals surface area contributed by atoms with Gasteiger partial charge in [0.1, 0.15) is 5.82 Å². The molecule has 37 heavy (non-hydrogen) atoms. The number of Topliss-reactive ketones (excluding diaryl/α,β-unsaturated/α-hetero) is 1. The molecule has 6 nitrogen and oxygen atoms in total. The maximum atomic E-state index is 13.3. The van der Waals surface area contributed by atoms with Crippen molar-refractivity contribution < 1.29 is 28.3 Å². The summed E-state index contributed by atoms with van der Waals surface area (Å²) in [5.41, 5.74) is 1.05. The summed E-state index contributed by atoms with van der Waals surface area (Å²) in [7, 11) is 0. The van der Waals surface area contributed by atoms with Crippen LogP contribution in [-0.2, 0) is 4.74 Å². The summed E-state index contributed by atoms with van der Waals surface area (Å²) in [6, 6.07) is 23.6. The smallest absolute Gasteiger partial charge is 0.339 e. The van der Waals surface area contributed by atoms with Crippen LogP contribution in [0.1, 0.15) is 53.1 Å². The lowest BCUT2D eigenvalue weighted by Gasteiger charge is -2.18. The Morgan fingerprint density at radius 3 is 2.08 bits per heavy atom. The van der Waals surface area contributed by atoms with Gasteiger partial charge in [-0.15, -0.1) is 0 Å². The molecule has 1 aliphatic heterocycles. The van der Waals surface area contributed by atoms with E-state index in [9.17, 15) is 23.6 Å². The van der Waals surface area contributed by atoms with Crippen LogP contribution >= 0.6 is 11.6 Å². The van der Waals surface area contributed by atoms with Crippen molar-refractivity contribution in [2.75, 3.05) is 4.90 Å². The number of carbonyl (C=O) groups is 4. The molecule has 0 fully saturated rings. The number of carbonyl (C=O) groups excluding carboxylic acids is 4. The van der Waals surface area contributed by atoms with Gasteiger partial charge in [0.15, 0.2) is 6.10 Å². The van der Waals surface area contributed by atoms with Gasteiger partial charge in [0.2, 0.25) is 5.78 Å². The van der Waals surface area contributed by atoms with Crippen LogP contribution < -0.4 is 4.90 Å². The number of hydrogen-bond acceptors (Lipinski definition) is 5. The number of esters is 1. The number of imide groups is 1. The minimum atomic E-state index is -1.27. The largest absolute Gasteiger partial charge is 0.445 e. The number of anilines is 1. The minimum Gasteiger partial charge on any atom is -0.445 e. The van der Waals surface area contributed by atoms with E-state index in [-0.39, 0.29) is 22.4 Å². The zero-order valence-electron chi connectivity index (χ0n) is 19.1. The molecule has 0 aromatic heterocycles. The summed E-state index contributed by atoms with van der Waals surface area (Å²) < 4.78 is 19.0. The Bertz CT molecular complexity index is 1540. The van der Waals surface area contributed by atoms with Crippen molar-refractivity contribution in [1.29, 1.82) is 0 Å². The molecule has 4 aromatic carbocycles. The number of benzene rings is 4. The summed E-state index contributed by atoms with van der Waals surface area (Å²) in [6.45, 7) is 0. The molecular weight excluding hydrogens is 497 g/mol. The molecule has 1 atom stereocenters. The molecule has 1 heterocycles. The Balaban J connectivity index is 1.45. The maximum Gasteiger partial charge on any atom is 0.339 e. The maximum absolute atomic E-state index is 13.3. The van der Waals surface area contributed by atoms with Gasteiger partial charge in [0.25, 0.3) is 11.8 Å². The first-order valence-corrected chi connectivity index (χ1v) is 11.6. The zero-order valence-corrected chi connectivity index (χ0v) is 19.8. The van der Waals surface area contributed by atoms with Crippen LogP contribution in [0.5, 0.6) is 0 Å². The first-order valence-electron chi connectivity index (χ1n) is 11.2. The molecule has 0 saturated heterocycles. The molecule has 8 heteroatoms. The van der Waals surface area contributed by atoms with Gasteiger partial charge >= 0.3 is 5.97 Å². The van der Waals surface area contributed by atoms with Gasteiger partial charge in [-0.1, -0.05) is 54.1 Å². The molecule has 2 amide bonds. The summed E-state index contributed by atoms with van der Waals surface area (Å²) in [4.78, 5) is 53.2. The predicted molar refractivity (Wildman–Crippen MR) is 134 cm³/mol. The van der Waals surface area contributed by atoms with Gasteiger partial charge in [-0.2, -0.15) is 0 Å². The summed E-state index contributed by atoms with van der Waals surface area (Å²) in [5.74, 6) is -3.05. The van der Waals surface area contributed by atoms with E-state index in [0.29, 0.717) is 16.1 Å². The SMILES string of the molecule is O=C(O[C@H](C(=O)c1ccccc1)c1ccc(Cl)cc1)c1ccc2c(c1)C(=O)N(c1ccc(F)cc1)C2=O. The molecule has 0 saturated carbocycles. The van der Waals surface area contributed by atoms with Crippen molar-refractivity contribution >= 4 is 40.9 Å². The van der Waals surface area contributed by atoms with Gasteiger partial charge in [0, 0.05) is 16.1 Å². The molecule has 0 spiro atoms. The Morgan fingerprint density at radius 2 is 1.41 bits per heavy atom. The lowest BCUT2D eigenvalue weighted by molar-refractivity contribution is 0.0280. The predicted octanol–water partition coefficient (Wildman–Crippen LogP) is 6.06. The average molecular weight is 514 g/mol. The number of fused-ring (bicyclic) bond motifs is 1. The number of halogens is 2. The average Bonchev–Trinajstić information content (AvgIpc) is 3.17. The minimum absolute atomic E-state index is 0.00111. The van der Waals surface area contributed by atoms with Crippen LogP contribution in [0.25, 0.3) is 0 Å². The Hall–Kier alpha value is -4.62. The lowest BCUT2D eigenvalue weighted by Crippen LogP contribution is -2.29. The van der Waals surface area contributed by atoms with Gasteiger partial charge < -0.3 is 4.74 Å². The molecule has 5 rings (SSSR count). The monoisotopic (exact) mass is 513 g/mol. The van der Waals surface area contributed by atoms with Gasteiger partial charge in [0.05, 0.1) is 22.4 Å². The van der Waals surface area contributed by atoms with Crippen LogP contribution in [0.4, 0.5) is 10.1 Å². The van der Waals surface area contributed by atoms with Crippen molar-refractivity contribution in [2.45, 2.75) is 6.10 Å². The second kappa shape index (κ2) is 9.79. The molecule has 182 valence electrons. The van der Waals surface area contributed by atoms with E-state index in [0.717, 1.165) is 17.0 Å². The van der Waals surface area contributed by atoms with Crippen LogP contribution in [0.2, 0.25) is 5.02 Å². The fourth-order valence-electron chi connectivity index (χ4n) is 4.03. The van der Waals surface area contributed by atoms with E-state index in [2.05, 4.69) is 0 Å². The number of nitrogens with zero attached hydrogens (tertiary/aromatic N) is 1. The Labute approximate surface area is 215 Å². The highest BCUT2D eigenvalue weighted by Gasteiger charge is 2.37. The molecule has 0 radical (unpaired) electrons. The Morgan fingerprint density at radius 1 is 0.757 bits per heavy atom. The summed E-state index contributed by atoms with van der Waals surface area (Å²) >= 11 is 5.98. The molecule has 4 aromatic rings. The fraction of sp³-hybridized carbons (Fsp3) is 0.0345. The van der Waals surface area contributed by atoms with Crippen molar-refractivity contribution in [3.63, 3.8) is 0 Å². The topological polar surface area (TPSA) is 80.8 Å². The van der Waals surface area contributed by atoms with E-state index >= 15 is 0 Å². The molecule has 0 unspecified atom stereocenters. The molecule has 1 aliphatic rings. The third-order valence-corrected chi connectivity index (χ3v) is 6.15. The van der Waals surface area contributed by atoms with Crippen LogP contribution in [0, 0.1) is 5.82 Å². The highest BCUT2D eigenvalue weighted by molar-refractivity contribution is 6.34. The third kappa shape index (κ3) is 4.64. The first kappa shape index (κ1) is 24.1. The molecule has 0 aliphatic carbocycles. The highest BCUT2D eigenvalue weighted by Crippen LogP contribution is 2.31. The molecule has 0 bridgehead atoms. The van der Waals surface area contributed by atoms with Crippen molar-refractivity contribution in [3.05, 3.63) is 136 Å². The van der Waals surface area contributed by atoms with Crippen molar-refractivity contribution in [1.82, 2.24) is 0 Å². The van der Waals surface area contributed by atoms with E-state index in [1.165, 1.54) is 30.3 Å². The third-order valence-electron chi connectivity index (χ3n) is 5.90. The van der Waals surface area contributed by atoms with Crippen LogP contribution in [0.3, 0.4) is 0 Å². The second-order valence-corrected chi connectivity index (χ2v) is 8.69.